The molecule has 0 saturated carbocycles. The van der Waals surface area contributed by atoms with E-state index in [1.54, 1.807) is 0 Å². The maximum atomic E-state index is 4.07. The fraction of sp³-hybridized carbons (Fsp3) is 0.429. The van der Waals surface area contributed by atoms with Gasteiger partial charge in [0.2, 0.25) is 0 Å². The van der Waals surface area contributed by atoms with Crippen molar-refractivity contribution in [2.24, 2.45) is 0 Å². The second kappa shape index (κ2) is 7.80. The molecule has 2 rings (SSSR count). The summed E-state index contributed by atoms with van der Waals surface area (Å²) in [6.45, 7) is 12.0. The molecule has 0 unspecified atom stereocenters. The molecule has 0 saturated heterocycles. The lowest BCUT2D eigenvalue weighted by molar-refractivity contribution is 1.02. The molecule has 2 aromatic rings. The van der Waals surface area contributed by atoms with Crippen molar-refractivity contribution < 1.29 is 0 Å². The largest absolute Gasteiger partial charge is 0.155 e. The first-order valence-corrected chi connectivity index (χ1v) is 5.96. The van der Waals surface area contributed by atoms with Crippen molar-refractivity contribution in [1.29, 1.82) is 0 Å². The van der Waals surface area contributed by atoms with Gasteiger partial charge in [-0.15, -0.1) is 0 Å². The number of nitrogens with zero attached hydrogens (tertiary/aromatic N) is 2. The van der Waals surface area contributed by atoms with Gasteiger partial charge in [0.1, 0.15) is 0 Å². The highest BCUT2D eigenvalue weighted by Crippen LogP contribution is 2.12. The fourth-order valence-corrected chi connectivity index (χ4v) is 1.27. The van der Waals surface area contributed by atoms with Crippen molar-refractivity contribution in [1.82, 2.24) is 10.2 Å². The molecule has 0 spiro atoms. The maximum Gasteiger partial charge on any atom is 0.0930 e. The summed E-state index contributed by atoms with van der Waals surface area (Å²) in [5.74, 6) is 0. The second-order valence-corrected chi connectivity index (χ2v) is 3.05. The van der Waals surface area contributed by atoms with E-state index in [9.17, 15) is 0 Å². The average molecular weight is 218 g/mol. The van der Waals surface area contributed by atoms with Gasteiger partial charge in [0.15, 0.2) is 0 Å². The van der Waals surface area contributed by atoms with Gasteiger partial charge in [0, 0.05) is 5.39 Å². The van der Waals surface area contributed by atoms with Gasteiger partial charge in [-0.05, 0) is 32.0 Å². The lowest BCUT2D eigenvalue weighted by Crippen LogP contribution is -1.87. The van der Waals surface area contributed by atoms with Crippen molar-refractivity contribution in [2.75, 3.05) is 0 Å². The normalized spacial score (nSPS) is 8.62. The van der Waals surface area contributed by atoms with Crippen LogP contribution in [0.1, 0.15) is 39.0 Å². The maximum absolute atomic E-state index is 4.07. The SMILES string of the molecule is CC.CC.Cc1ccc2nnc(C)cc2c1. The van der Waals surface area contributed by atoms with Gasteiger partial charge >= 0.3 is 0 Å². The Kier molecular flexibility index (Phi) is 7.10. The molecule has 0 amide bonds. The zero-order valence-corrected chi connectivity index (χ0v) is 11.2. The summed E-state index contributed by atoms with van der Waals surface area (Å²) >= 11 is 0. The highest BCUT2D eigenvalue weighted by atomic mass is 15.1. The molecule has 0 fully saturated rings. The molecular formula is C14H22N2. The van der Waals surface area contributed by atoms with Crippen LogP contribution < -0.4 is 0 Å². The van der Waals surface area contributed by atoms with Crippen molar-refractivity contribution in [3.8, 4) is 0 Å². The number of aryl methyl sites for hydroxylation is 2. The monoisotopic (exact) mass is 218 g/mol. The molecule has 0 bridgehead atoms. The lowest BCUT2D eigenvalue weighted by atomic mass is 10.1. The second-order valence-electron chi connectivity index (χ2n) is 3.05. The highest BCUT2D eigenvalue weighted by Gasteiger charge is 1.95. The number of aromatic nitrogens is 2. The summed E-state index contributed by atoms with van der Waals surface area (Å²) in [7, 11) is 0. The van der Waals surface area contributed by atoms with Crippen LogP contribution >= 0.6 is 0 Å². The first-order chi connectivity index (χ1) is 7.75. The molecule has 0 aliphatic carbocycles. The number of hydrogen-bond acceptors (Lipinski definition) is 2. The molecule has 0 aliphatic rings. The van der Waals surface area contributed by atoms with E-state index in [-0.39, 0.29) is 0 Å². The standard InChI is InChI=1S/C10H10N2.2C2H6/c1-7-3-4-10-9(5-7)6-8(2)11-12-10;2*1-2/h3-6H,1-2H3;2*1-2H3. The summed E-state index contributed by atoms with van der Waals surface area (Å²) in [6.07, 6.45) is 0. The van der Waals surface area contributed by atoms with E-state index >= 15 is 0 Å². The molecule has 88 valence electrons. The van der Waals surface area contributed by atoms with Crippen LogP contribution in [0.4, 0.5) is 0 Å². The molecule has 16 heavy (non-hydrogen) atoms. The molecule has 0 radical (unpaired) electrons. The van der Waals surface area contributed by atoms with E-state index in [1.807, 2.05) is 46.8 Å². The minimum absolute atomic E-state index is 0.964. The molecule has 1 aromatic carbocycles. The molecule has 0 N–H and O–H groups in total. The molecule has 1 heterocycles. The summed E-state index contributed by atoms with van der Waals surface area (Å²) in [5.41, 5.74) is 3.19. The third-order valence-electron chi connectivity index (χ3n) is 1.86. The minimum Gasteiger partial charge on any atom is -0.155 e. The van der Waals surface area contributed by atoms with Crippen LogP contribution in [-0.4, -0.2) is 10.2 Å². The lowest BCUT2D eigenvalue weighted by Gasteiger charge is -1.97. The topological polar surface area (TPSA) is 25.8 Å². The molecule has 0 atom stereocenters. The van der Waals surface area contributed by atoms with Gasteiger partial charge in [0.05, 0.1) is 11.2 Å². The first kappa shape index (κ1) is 14.6. The number of hydrogen-bond donors (Lipinski definition) is 0. The van der Waals surface area contributed by atoms with Gasteiger partial charge < -0.3 is 0 Å². The van der Waals surface area contributed by atoms with E-state index in [2.05, 4.69) is 29.3 Å². The van der Waals surface area contributed by atoms with Crippen LogP contribution in [0.2, 0.25) is 0 Å². The van der Waals surface area contributed by atoms with Gasteiger partial charge in [-0.3, -0.25) is 0 Å². The predicted octanol–water partition coefficient (Wildman–Crippen LogP) is 4.30. The summed E-state index contributed by atoms with van der Waals surface area (Å²) < 4.78 is 0. The van der Waals surface area contributed by atoms with Crippen molar-refractivity contribution in [3.63, 3.8) is 0 Å². The van der Waals surface area contributed by atoms with Crippen LogP contribution in [0.15, 0.2) is 24.3 Å². The van der Waals surface area contributed by atoms with Gasteiger partial charge in [-0.25, -0.2) is 0 Å². The smallest absolute Gasteiger partial charge is 0.0930 e. The summed E-state index contributed by atoms with van der Waals surface area (Å²) in [4.78, 5) is 0. The zero-order chi connectivity index (χ0) is 12.6. The third kappa shape index (κ3) is 3.97. The Morgan fingerprint density at radius 3 is 2.06 bits per heavy atom. The van der Waals surface area contributed by atoms with Gasteiger partial charge in [0.25, 0.3) is 0 Å². The van der Waals surface area contributed by atoms with E-state index in [0.29, 0.717) is 0 Å². The molecule has 2 heteroatoms. The average Bonchev–Trinajstić information content (AvgIpc) is 2.33. The van der Waals surface area contributed by atoms with E-state index < -0.39 is 0 Å². The van der Waals surface area contributed by atoms with Crippen molar-refractivity contribution in [3.05, 3.63) is 35.5 Å². The van der Waals surface area contributed by atoms with Crippen molar-refractivity contribution >= 4 is 10.9 Å². The first-order valence-electron chi connectivity index (χ1n) is 5.96. The van der Waals surface area contributed by atoms with Crippen LogP contribution in [0.5, 0.6) is 0 Å². The van der Waals surface area contributed by atoms with Crippen molar-refractivity contribution in [2.45, 2.75) is 41.5 Å². The Balaban J connectivity index is 0.000000509. The Bertz CT molecular complexity index is 385. The Labute approximate surface area is 98.7 Å². The number of fused-ring (bicyclic) bond motifs is 1. The molecule has 0 aliphatic heterocycles. The van der Waals surface area contributed by atoms with Crippen LogP contribution in [0.25, 0.3) is 10.9 Å². The highest BCUT2D eigenvalue weighted by molar-refractivity contribution is 5.78. The van der Waals surface area contributed by atoms with Crippen LogP contribution in [-0.2, 0) is 0 Å². The summed E-state index contributed by atoms with van der Waals surface area (Å²) in [6, 6.07) is 8.22. The van der Waals surface area contributed by atoms with Crippen LogP contribution in [0.3, 0.4) is 0 Å². The Morgan fingerprint density at radius 1 is 0.812 bits per heavy atom. The quantitative estimate of drug-likeness (QED) is 0.659. The number of rotatable bonds is 0. The van der Waals surface area contributed by atoms with E-state index in [4.69, 9.17) is 0 Å². The van der Waals surface area contributed by atoms with Gasteiger partial charge in [-0.2, -0.15) is 10.2 Å². The zero-order valence-electron chi connectivity index (χ0n) is 11.2. The van der Waals surface area contributed by atoms with E-state index in [1.165, 1.54) is 10.9 Å². The minimum atomic E-state index is 0.964. The molecule has 2 nitrogen and oxygen atoms in total. The predicted molar refractivity (Wildman–Crippen MR) is 71.7 cm³/mol. The van der Waals surface area contributed by atoms with E-state index in [0.717, 1.165) is 11.2 Å². The molecule has 1 aromatic heterocycles. The van der Waals surface area contributed by atoms with Crippen LogP contribution in [0, 0.1) is 13.8 Å². The summed E-state index contributed by atoms with van der Waals surface area (Å²) in [5, 5.41) is 9.23. The number of benzene rings is 1. The third-order valence-corrected chi connectivity index (χ3v) is 1.86. The Hall–Kier alpha value is -1.44. The fourth-order valence-electron chi connectivity index (χ4n) is 1.27. The van der Waals surface area contributed by atoms with Gasteiger partial charge in [-0.1, -0.05) is 39.3 Å². The Morgan fingerprint density at radius 2 is 1.44 bits per heavy atom. The molecular weight excluding hydrogens is 196 g/mol.